The Morgan fingerprint density at radius 2 is 1.94 bits per heavy atom. The smallest absolute Gasteiger partial charge is 0.264 e. The van der Waals surface area contributed by atoms with Gasteiger partial charge in [0.2, 0.25) is 11.8 Å². The highest BCUT2D eigenvalue weighted by Gasteiger charge is 2.45. The molecule has 2 N–H and O–H groups in total. The van der Waals surface area contributed by atoms with Crippen LogP contribution in [0.4, 0.5) is 5.69 Å². The van der Waals surface area contributed by atoms with Crippen molar-refractivity contribution in [1.29, 1.82) is 0 Å². The molecule has 9 nitrogen and oxygen atoms in total. The predicted molar refractivity (Wildman–Crippen MR) is 125 cm³/mol. The molecule has 2 fully saturated rings. The molecule has 0 saturated carbocycles. The number of aromatic nitrogens is 1. The van der Waals surface area contributed by atoms with Gasteiger partial charge in [0.05, 0.1) is 16.8 Å². The quantitative estimate of drug-likeness (QED) is 0.606. The Balaban J connectivity index is 1.20. The fraction of sp³-hybridized carbons (Fsp3) is 0.320. The number of anilines is 1. The van der Waals surface area contributed by atoms with Gasteiger partial charge in [-0.2, -0.15) is 0 Å². The molecule has 1 aromatic heterocycles. The maximum absolute atomic E-state index is 13.2. The van der Waals surface area contributed by atoms with Crippen LogP contribution in [-0.2, 0) is 16.1 Å². The number of nitrogens with one attached hydrogen (secondary N) is 2. The van der Waals surface area contributed by atoms with Crippen LogP contribution in [0.25, 0.3) is 6.08 Å². The van der Waals surface area contributed by atoms with Gasteiger partial charge in [0.15, 0.2) is 0 Å². The molecule has 0 radical (unpaired) electrons. The second-order valence-electron chi connectivity index (χ2n) is 8.91. The van der Waals surface area contributed by atoms with Gasteiger partial charge in [0.25, 0.3) is 11.8 Å². The van der Waals surface area contributed by atoms with Crippen molar-refractivity contribution in [2.75, 3.05) is 25.0 Å². The minimum absolute atomic E-state index is 0.0988. The monoisotopic (exact) mass is 459 g/mol. The van der Waals surface area contributed by atoms with Crippen molar-refractivity contribution in [3.05, 3.63) is 65.5 Å². The van der Waals surface area contributed by atoms with Crippen LogP contribution in [0.2, 0.25) is 0 Å². The van der Waals surface area contributed by atoms with Gasteiger partial charge in [-0.1, -0.05) is 18.7 Å². The van der Waals surface area contributed by atoms with Crippen molar-refractivity contribution >= 4 is 35.4 Å². The van der Waals surface area contributed by atoms with Gasteiger partial charge in [-0.3, -0.25) is 39.3 Å². The third-order valence-corrected chi connectivity index (χ3v) is 6.55. The SMILES string of the molecule is C=Cc1ccc(CN2CC(CNc3cccc4c3C(=O)N(C3CCC(=O)NC3=O)C4=O)C2)cn1. The van der Waals surface area contributed by atoms with Gasteiger partial charge < -0.3 is 5.32 Å². The second kappa shape index (κ2) is 8.83. The number of likely N-dealkylation sites (tertiary alicyclic amines) is 1. The van der Waals surface area contributed by atoms with Crippen LogP contribution in [-0.4, -0.2) is 64.1 Å². The molecule has 0 bridgehead atoms. The molecule has 0 aliphatic carbocycles. The molecule has 34 heavy (non-hydrogen) atoms. The fourth-order valence-corrected chi connectivity index (χ4v) is 4.76. The summed E-state index contributed by atoms with van der Waals surface area (Å²) in [5.41, 5.74) is 3.17. The molecule has 3 aliphatic rings. The van der Waals surface area contributed by atoms with Crippen LogP contribution >= 0.6 is 0 Å². The third-order valence-electron chi connectivity index (χ3n) is 6.55. The van der Waals surface area contributed by atoms with Gasteiger partial charge in [-0.05, 0) is 36.3 Å². The Morgan fingerprint density at radius 3 is 2.65 bits per heavy atom. The van der Waals surface area contributed by atoms with Gasteiger partial charge in [-0.15, -0.1) is 0 Å². The van der Waals surface area contributed by atoms with Crippen molar-refractivity contribution in [2.24, 2.45) is 5.92 Å². The minimum Gasteiger partial charge on any atom is -0.384 e. The van der Waals surface area contributed by atoms with E-state index in [0.717, 1.165) is 35.8 Å². The van der Waals surface area contributed by atoms with Gasteiger partial charge >= 0.3 is 0 Å². The van der Waals surface area contributed by atoms with Crippen LogP contribution < -0.4 is 10.6 Å². The second-order valence-corrected chi connectivity index (χ2v) is 8.91. The van der Waals surface area contributed by atoms with Gasteiger partial charge in [0.1, 0.15) is 6.04 Å². The lowest BCUT2D eigenvalue weighted by Crippen LogP contribution is -2.54. The predicted octanol–water partition coefficient (Wildman–Crippen LogP) is 1.67. The molecule has 5 rings (SSSR count). The Bertz CT molecular complexity index is 1190. The maximum atomic E-state index is 13.2. The molecule has 0 spiro atoms. The number of imide groups is 2. The highest BCUT2D eigenvalue weighted by Crippen LogP contribution is 2.32. The van der Waals surface area contributed by atoms with E-state index < -0.39 is 23.8 Å². The number of rotatable bonds is 7. The lowest BCUT2D eigenvalue weighted by atomic mass is 9.98. The van der Waals surface area contributed by atoms with E-state index >= 15 is 0 Å². The summed E-state index contributed by atoms with van der Waals surface area (Å²) < 4.78 is 0. The molecule has 2 saturated heterocycles. The van der Waals surface area contributed by atoms with Crippen LogP contribution in [0.1, 0.15) is 44.8 Å². The Kier molecular flexibility index (Phi) is 5.70. The lowest BCUT2D eigenvalue weighted by molar-refractivity contribution is -0.136. The first-order valence-corrected chi connectivity index (χ1v) is 11.3. The molecule has 1 atom stereocenters. The maximum Gasteiger partial charge on any atom is 0.264 e. The number of fused-ring (bicyclic) bond motifs is 1. The molecule has 1 unspecified atom stereocenters. The topological polar surface area (TPSA) is 112 Å². The zero-order valence-electron chi connectivity index (χ0n) is 18.6. The normalized spacial score (nSPS) is 20.7. The van der Waals surface area contributed by atoms with E-state index in [2.05, 4.69) is 33.2 Å². The first-order valence-electron chi connectivity index (χ1n) is 11.3. The van der Waals surface area contributed by atoms with Crippen molar-refractivity contribution < 1.29 is 19.2 Å². The van der Waals surface area contributed by atoms with Gasteiger partial charge in [-0.25, -0.2) is 0 Å². The summed E-state index contributed by atoms with van der Waals surface area (Å²) in [7, 11) is 0. The molecule has 1 aromatic carbocycles. The molecule has 3 aliphatic heterocycles. The van der Waals surface area contributed by atoms with E-state index in [1.165, 1.54) is 0 Å². The highest BCUT2D eigenvalue weighted by molar-refractivity contribution is 6.25. The minimum atomic E-state index is -0.965. The molecular weight excluding hydrogens is 434 g/mol. The number of amides is 4. The molecule has 174 valence electrons. The number of benzene rings is 1. The van der Waals surface area contributed by atoms with Crippen LogP contribution in [0, 0.1) is 5.92 Å². The molecular formula is C25H25N5O4. The summed E-state index contributed by atoms with van der Waals surface area (Å²) in [6.45, 7) is 7.05. The molecule has 9 heteroatoms. The van der Waals surface area contributed by atoms with Crippen LogP contribution in [0.15, 0.2) is 43.1 Å². The number of pyridine rings is 1. The summed E-state index contributed by atoms with van der Waals surface area (Å²) in [4.78, 5) is 57.5. The van der Waals surface area contributed by atoms with Crippen LogP contribution in [0.5, 0.6) is 0 Å². The average molecular weight is 460 g/mol. The summed E-state index contributed by atoms with van der Waals surface area (Å²) in [6.07, 6.45) is 3.83. The summed E-state index contributed by atoms with van der Waals surface area (Å²) >= 11 is 0. The number of nitrogens with zero attached hydrogens (tertiary/aromatic N) is 3. The fourth-order valence-electron chi connectivity index (χ4n) is 4.76. The number of hydrogen-bond donors (Lipinski definition) is 2. The van der Waals surface area contributed by atoms with Crippen molar-refractivity contribution in [2.45, 2.75) is 25.4 Å². The number of carbonyl (C=O) groups excluding carboxylic acids is 4. The summed E-state index contributed by atoms with van der Waals surface area (Å²) in [6, 6.07) is 8.15. The average Bonchev–Trinajstić information content (AvgIpc) is 3.06. The number of carbonyl (C=O) groups is 4. The van der Waals surface area contributed by atoms with E-state index in [9.17, 15) is 19.2 Å². The van der Waals surface area contributed by atoms with Crippen molar-refractivity contribution in [1.82, 2.24) is 20.1 Å². The van der Waals surface area contributed by atoms with Crippen molar-refractivity contribution in [3.63, 3.8) is 0 Å². The Morgan fingerprint density at radius 1 is 1.12 bits per heavy atom. The number of hydrogen-bond acceptors (Lipinski definition) is 7. The largest absolute Gasteiger partial charge is 0.384 e. The summed E-state index contributed by atoms with van der Waals surface area (Å²) in [5.74, 6) is -1.58. The molecule has 4 heterocycles. The van der Waals surface area contributed by atoms with E-state index in [1.54, 1.807) is 24.3 Å². The lowest BCUT2D eigenvalue weighted by Gasteiger charge is -2.39. The highest BCUT2D eigenvalue weighted by atomic mass is 16.2. The van der Waals surface area contributed by atoms with Crippen LogP contribution in [0.3, 0.4) is 0 Å². The number of piperidine rings is 1. The Labute approximate surface area is 196 Å². The zero-order chi connectivity index (χ0) is 23.8. The Hall–Kier alpha value is -3.85. The van der Waals surface area contributed by atoms with Gasteiger partial charge in [0, 0.05) is 50.4 Å². The van der Waals surface area contributed by atoms with E-state index in [-0.39, 0.29) is 24.3 Å². The molecule has 4 amide bonds. The third kappa shape index (κ3) is 3.99. The summed E-state index contributed by atoms with van der Waals surface area (Å²) in [5, 5.41) is 5.55. The zero-order valence-corrected chi connectivity index (χ0v) is 18.6. The van der Waals surface area contributed by atoms with Crippen molar-refractivity contribution in [3.8, 4) is 0 Å². The van der Waals surface area contributed by atoms with E-state index in [1.807, 2.05) is 12.3 Å². The molecule has 2 aromatic rings. The first kappa shape index (κ1) is 22.0. The standard InChI is InChI=1S/C25H25N5O4/c1-2-17-7-6-15(10-26-17)12-29-13-16(14-29)11-27-19-5-3-4-18-22(19)25(34)30(24(18)33)20-8-9-21(31)28-23(20)32/h2-7,10,16,20,27H,1,8-9,11-14H2,(H,28,31,32). The van der Waals surface area contributed by atoms with E-state index in [0.29, 0.717) is 23.7 Å². The van der Waals surface area contributed by atoms with E-state index in [4.69, 9.17) is 0 Å². The first-order chi connectivity index (χ1) is 16.4.